The van der Waals surface area contributed by atoms with Crippen molar-refractivity contribution < 1.29 is 14.6 Å². The van der Waals surface area contributed by atoms with Crippen molar-refractivity contribution in [2.75, 3.05) is 6.61 Å². The van der Waals surface area contributed by atoms with E-state index in [0.717, 1.165) is 11.4 Å². The lowest BCUT2D eigenvalue weighted by molar-refractivity contribution is -0.165. The average Bonchev–Trinajstić information content (AvgIpc) is 3.23. The van der Waals surface area contributed by atoms with Gasteiger partial charge in [0.1, 0.15) is 18.0 Å². The van der Waals surface area contributed by atoms with E-state index in [-0.39, 0.29) is 18.2 Å². The van der Waals surface area contributed by atoms with Crippen LogP contribution in [0, 0.1) is 6.92 Å². The number of nitrogens with zero attached hydrogens (tertiary/aromatic N) is 4. The maximum Gasteiger partial charge on any atom is 0.181 e. The van der Waals surface area contributed by atoms with Gasteiger partial charge in [-0.1, -0.05) is 0 Å². The van der Waals surface area contributed by atoms with E-state index in [1.807, 2.05) is 37.1 Å². The highest BCUT2D eigenvalue weighted by molar-refractivity contribution is 5.07. The molecule has 0 radical (unpaired) electrons. The van der Waals surface area contributed by atoms with Crippen molar-refractivity contribution in [1.82, 2.24) is 24.6 Å². The molecule has 23 heavy (non-hydrogen) atoms. The zero-order valence-corrected chi connectivity index (χ0v) is 13.2. The van der Waals surface area contributed by atoms with Crippen molar-refractivity contribution in [3.05, 3.63) is 36.2 Å². The molecule has 0 aromatic carbocycles. The number of fused-ring (bicyclic) bond motifs is 2. The van der Waals surface area contributed by atoms with Crippen LogP contribution >= 0.6 is 0 Å². The van der Waals surface area contributed by atoms with Crippen LogP contribution in [0.5, 0.6) is 0 Å². The maximum absolute atomic E-state index is 10.9. The Bertz CT molecular complexity index is 684. The Hall–Kier alpha value is -1.74. The zero-order valence-electron chi connectivity index (χ0n) is 13.2. The van der Waals surface area contributed by atoms with Gasteiger partial charge in [0.2, 0.25) is 0 Å². The summed E-state index contributed by atoms with van der Waals surface area (Å²) in [6.07, 6.45) is 6.15. The van der Waals surface area contributed by atoms with E-state index in [4.69, 9.17) is 9.47 Å². The van der Waals surface area contributed by atoms with Crippen molar-refractivity contribution in [3.63, 3.8) is 0 Å². The first-order valence-electron chi connectivity index (χ1n) is 7.79. The summed E-state index contributed by atoms with van der Waals surface area (Å²) in [7, 11) is 1.88. The Labute approximate surface area is 134 Å². The van der Waals surface area contributed by atoms with Gasteiger partial charge in [-0.05, 0) is 6.92 Å². The number of imidazole rings is 1. The van der Waals surface area contributed by atoms with Crippen molar-refractivity contribution in [1.29, 1.82) is 0 Å². The predicted molar refractivity (Wildman–Crippen MR) is 80.5 cm³/mol. The molecule has 0 spiro atoms. The monoisotopic (exact) mass is 319 g/mol. The predicted octanol–water partition coefficient (Wildman–Crippen LogP) is -0.259. The van der Waals surface area contributed by atoms with Gasteiger partial charge in [0.15, 0.2) is 6.29 Å². The minimum Gasteiger partial charge on any atom is -0.389 e. The first-order chi connectivity index (χ1) is 11.1. The molecule has 2 saturated heterocycles. The van der Waals surface area contributed by atoms with Crippen molar-refractivity contribution in [3.8, 4) is 0 Å². The molecule has 4 heterocycles. The lowest BCUT2D eigenvalue weighted by atomic mass is 9.95. The molecule has 124 valence electrons. The molecule has 8 nitrogen and oxygen atoms in total. The van der Waals surface area contributed by atoms with Crippen LogP contribution in [-0.2, 0) is 23.1 Å². The standard InChI is InChI=1S/C15H21N5O3/c1-9-16-3-4-20(9)13-14(21)12(11-8-22-15(13)23-11)17-5-10-6-18-19(2)7-10/h3-4,6-7,11-15,17,21H,5,8H2,1-2H3/t11-,12-,13-,14+,15-/m1/s1. The molecule has 0 amide bonds. The van der Waals surface area contributed by atoms with Gasteiger partial charge in [0, 0.05) is 37.7 Å². The lowest BCUT2D eigenvalue weighted by Crippen LogP contribution is -2.57. The fourth-order valence-electron chi connectivity index (χ4n) is 3.45. The number of aliphatic hydroxyl groups is 1. The van der Waals surface area contributed by atoms with E-state index in [1.54, 1.807) is 10.9 Å². The molecule has 0 unspecified atom stereocenters. The third-order valence-corrected chi connectivity index (χ3v) is 4.61. The number of aliphatic hydroxyl groups excluding tert-OH is 1. The molecule has 2 aromatic rings. The SMILES string of the molecule is Cc1nccn1[C@H]1[C@@H]2OC[C@@H](O2)[C@@H](NCc2cnn(C)c2)[C@@H]1O. The third kappa shape index (κ3) is 2.57. The topological polar surface area (TPSA) is 86.4 Å². The molecule has 4 rings (SSSR count). The van der Waals surface area contributed by atoms with Gasteiger partial charge in [-0.3, -0.25) is 4.68 Å². The molecule has 2 aromatic heterocycles. The van der Waals surface area contributed by atoms with Crippen LogP contribution in [0.1, 0.15) is 17.4 Å². The fourth-order valence-corrected chi connectivity index (χ4v) is 3.45. The highest BCUT2D eigenvalue weighted by Gasteiger charge is 2.50. The van der Waals surface area contributed by atoms with Crippen molar-refractivity contribution in [2.45, 2.75) is 44.1 Å². The van der Waals surface area contributed by atoms with Gasteiger partial charge in [-0.2, -0.15) is 5.10 Å². The number of aromatic nitrogens is 4. The van der Waals surface area contributed by atoms with E-state index < -0.39 is 12.4 Å². The van der Waals surface area contributed by atoms with Crippen LogP contribution in [0.4, 0.5) is 0 Å². The number of aryl methyl sites for hydroxylation is 2. The Morgan fingerprint density at radius 2 is 2.35 bits per heavy atom. The summed E-state index contributed by atoms with van der Waals surface area (Å²) in [6, 6.07) is -0.511. The normalized spacial score (nSPS) is 33.3. The molecule has 2 aliphatic rings. The minimum atomic E-state index is -0.620. The second-order valence-corrected chi connectivity index (χ2v) is 6.17. The van der Waals surface area contributed by atoms with E-state index in [2.05, 4.69) is 15.4 Å². The van der Waals surface area contributed by atoms with Crippen LogP contribution in [0.3, 0.4) is 0 Å². The van der Waals surface area contributed by atoms with E-state index in [9.17, 15) is 5.11 Å². The molecule has 2 bridgehead atoms. The summed E-state index contributed by atoms with van der Waals surface area (Å²) in [6.45, 7) is 3.01. The van der Waals surface area contributed by atoms with Crippen molar-refractivity contribution in [2.24, 2.45) is 7.05 Å². The zero-order chi connectivity index (χ0) is 16.0. The average molecular weight is 319 g/mol. The smallest absolute Gasteiger partial charge is 0.181 e. The summed E-state index contributed by atoms with van der Waals surface area (Å²) >= 11 is 0. The van der Waals surface area contributed by atoms with Gasteiger partial charge in [-0.15, -0.1) is 0 Å². The van der Waals surface area contributed by atoms with Crippen LogP contribution in [-0.4, -0.2) is 55.6 Å². The molecule has 8 heteroatoms. The maximum atomic E-state index is 10.9. The van der Waals surface area contributed by atoms with Gasteiger partial charge < -0.3 is 24.5 Å². The van der Waals surface area contributed by atoms with Gasteiger partial charge in [0.25, 0.3) is 0 Å². The minimum absolute atomic E-state index is 0.147. The van der Waals surface area contributed by atoms with Gasteiger partial charge in [-0.25, -0.2) is 4.98 Å². The molecule has 0 aliphatic carbocycles. The molecule has 2 fully saturated rings. The number of hydrogen-bond donors (Lipinski definition) is 2. The number of ether oxygens (including phenoxy) is 2. The van der Waals surface area contributed by atoms with Crippen molar-refractivity contribution >= 4 is 0 Å². The Morgan fingerprint density at radius 1 is 1.48 bits per heavy atom. The molecular formula is C15H21N5O3. The summed E-state index contributed by atoms with van der Waals surface area (Å²) in [5.41, 5.74) is 1.07. The van der Waals surface area contributed by atoms with E-state index in [0.29, 0.717) is 13.2 Å². The second kappa shape index (κ2) is 5.72. The number of nitrogens with one attached hydrogen (secondary N) is 1. The summed E-state index contributed by atoms with van der Waals surface area (Å²) in [4.78, 5) is 4.24. The molecule has 2 aliphatic heterocycles. The Morgan fingerprint density at radius 3 is 3.04 bits per heavy atom. The summed E-state index contributed by atoms with van der Waals surface area (Å²) < 4.78 is 15.4. The highest BCUT2D eigenvalue weighted by atomic mass is 16.7. The van der Waals surface area contributed by atoms with E-state index in [1.165, 1.54) is 0 Å². The van der Waals surface area contributed by atoms with Gasteiger partial charge in [0.05, 0.1) is 24.9 Å². The third-order valence-electron chi connectivity index (χ3n) is 4.61. The van der Waals surface area contributed by atoms with Crippen LogP contribution < -0.4 is 5.32 Å². The molecule has 0 saturated carbocycles. The first kappa shape index (κ1) is 14.8. The fraction of sp³-hybridized carbons (Fsp3) is 0.600. The Balaban J connectivity index is 1.53. The quantitative estimate of drug-likeness (QED) is 0.807. The second-order valence-electron chi connectivity index (χ2n) is 6.17. The Kier molecular flexibility index (Phi) is 3.68. The molecular weight excluding hydrogens is 298 g/mol. The number of hydrogen-bond acceptors (Lipinski definition) is 6. The van der Waals surface area contributed by atoms with Gasteiger partial charge >= 0.3 is 0 Å². The highest BCUT2D eigenvalue weighted by Crippen LogP contribution is 2.36. The van der Waals surface area contributed by atoms with Crippen LogP contribution in [0.15, 0.2) is 24.8 Å². The first-order valence-corrected chi connectivity index (χ1v) is 7.79. The number of rotatable bonds is 4. The summed E-state index contributed by atoms with van der Waals surface area (Å²) in [5, 5.41) is 18.5. The largest absolute Gasteiger partial charge is 0.389 e. The lowest BCUT2D eigenvalue weighted by Gasteiger charge is -2.39. The van der Waals surface area contributed by atoms with E-state index >= 15 is 0 Å². The summed E-state index contributed by atoms with van der Waals surface area (Å²) in [5.74, 6) is 0.831. The molecule has 5 atom stereocenters. The van der Waals surface area contributed by atoms with Crippen LogP contribution in [0.25, 0.3) is 0 Å². The molecule has 2 N–H and O–H groups in total. The van der Waals surface area contributed by atoms with Crippen LogP contribution in [0.2, 0.25) is 0 Å².